The average Bonchev–Trinajstić information content (AvgIpc) is 3.02. The molecule has 0 unspecified atom stereocenters. The second kappa shape index (κ2) is 8.14. The van der Waals surface area contributed by atoms with E-state index in [-0.39, 0.29) is 24.6 Å². The number of fused-ring (bicyclic) bond motifs is 1. The monoisotopic (exact) mass is 365 g/mol. The number of carbonyl (C=O) groups is 2. The van der Waals surface area contributed by atoms with Crippen LogP contribution in [-0.4, -0.2) is 35.0 Å². The van der Waals surface area contributed by atoms with E-state index in [1.165, 1.54) is 12.7 Å². The number of rotatable bonds is 7. The molecule has 0 atom stereocenters. The van der Waals surface area contributed by atoms with E-state index < -0.39 is 0 Å². The lowest BCUT2D eigenvalue weighted by atomic mass is 10.1. The van der Waals surface area contributed by atoms with Gasteiger partial charge in [-0.25, -0.2) is 4.98 Å². The first-order chi connectivity index (χ1) is 13.0. The average molecular weight is 365 g/mol. The number of aryl methyl sites for hydroxylation is 1. The van der Waals surface area contributed by atoms with Crippen molar-refractivity contribution in [3.05, 3.63) is 53.6 Å². The second-order valence-corrected chi connectivity index (χ2v) is 6.43. The highest BCUT2D eigenvalue weighted by molar-refractivity contribution is 6.00. The van der Waals surface area contributed by atoms with Crippen LogP contribution >= 0.6 is 0 Å². The smallest absolute Gasteiger partial charge is 0.305 e. The Bertz CT molecular complexity index is 974. The van der Waals surface area contributed by atoms with Crippen LogP contribution in [-0.2, 0) is 23.0 Å². The van der Waals surface area contributed by atoms with Crippen molar-refractivity contribution >= 4 is 22.8 Å². The zero-order chi connectivity index (χ0) is 19.4. The summed E-state index contributed by atoms with van der Waals surface area (Å²) in [6.45, 7) is 0.623. The standard InChI is InChI=1S/C21H23N3O3/c1-24-18-8-7-16(19(25)9-10-20(26)27-2)13-17(18)23-21(24)15-5-3-14(4-6-15)11-12-22/h3-8,13H,9-12,22H2,1-2H3. The molecule has 0 aliphatic carbocycles. The number of imidazole rings is 1. The minimum Gasteiger partial charge on any atom is -0.469 e. The lowest BCUT2D eigenvalue weighted by Crippen LogP contribution is -2.06. The molecule has 0 bridgehead atoms. The number of ether oxygens (including phenoxy) is 1. The fourth-order valence-corrected chi connectivity index (χ4v) is 3.08. The lowest BCUT2D eigenvalue weighted by molar-refractivity contribution is -0.140. The Balaban J connectivity index is 1.88. The summed E-state index contributed by atoms with van der Waals surface area (Å²) in [6.07, 6.45) is 1.05. The molecule has 140 valence electrons. The van der Waals surface area contributed by atoms with E-state index in [0.717, 1.165) is 28.8 Å². The minimum absolute atomic E-state index is 0.0794. The number of methoxy groups -OCH3 is 1. The van der Waals surface area contributed by atoms with Gasteiger partial charge in [0.15, 0.2) is 5.78 Å². The fraction of sp³-hybridized carbons (Fsp3) is 0.286. The van der Waals surface area contributed by atoms with Crippen LogP contribution in [0.3, 0.4) is 0 Å². The molecule has 6 nitrogen and oxygen atoms in total. The summed E-state index contributed by atoms with van der Waals surface area (Å²) < 4.78 is 6.59. The predicted molar refractivity (Wildman–Crippen MR) is 104 cm³/mol. The molecule has 0 saturated carbocycles. The molecule has 0 radical (unpaired) electrons. The lowest BCUT2D eigenvalue weighted by Gasteiger charge is -2.04. The van der Waals surface area contributed by atoms with Gasteiger partial charge in [0.05, 0.1) is 24.6 Å². The molecule has 0 amide bonds. The third kappa shape index (κ3) is 4.06. The Hall–Kier alpha value is -2.99. The van der Waals surface area contributed by atoms with Gasteiger partial charge < -0.3 is 15.0 Å². The van der Waals surface area contributed by atoms with Crippen LogP contribution in [0.1, 0.15) is 28.8 Å². The van der Waals surface area contributed by atoms with Crippen molar-refractivity contribution in [1.82, 2.24) is 9.55 Å². The Morgan fingerprint density at radius 2 is 1.85 bits per heavy atom. The first-order valence-electron chi connectivity index (χ1n) is 8.89. The molecular weight excluding hydrogens is 342 g/mol. The minimum atomic E-state index is -0.386. The van der Waals surface area contributed by atoms with Crippen LogP contribution in [0, 0.1) is 0 Å². The van der Waals surface area contributed by atoms with Crippen molar-refractivity contribution in [3.63, 3.8) is 0 Å². The Kier molecular flexibility index (Phi) is 5.66. The molecule has 6 heteroatoms. The van der Waals surface area contributed by atoms with Crippen molar-refractivity contribution in [1.29, 1.82) is 0 Å². The number of hydrogen-bond donors (Lipinski definition) is 1. The number of nitrogens with two attached hydrogens (primary N) is 1. The molecular formula is C21H23N3O3. The predicted octanol–water partition coefficient (Wildman–Crippen LogP) is 2.88. The molecule has 2 N–H and O–H groups in total. The van der Waals surface area contributed by atoms with E-state index in [9.17, 15) is 9.59 Å². The molecule has 1 heterocycles. The van der Waals surface area contributed by atoms with Gasteiger partial charge in [-0.3, -0.25) is 9.59 Å². The van der Waals surface area contributed by atoms with Gasteiger partial charge in [-0.05, 0) is 36.7 Å². The highest BCUT2D eigenvalue weighted by Gasteiger charge is 2.14. The SMILES string of the molecule is COC(=O)CCC(=O)c1ccc2c(c1)nc(-c1ccc(CCN)cc1)n2C. The summed E-state index contributed by atoms with van der Waals surface area (Å²) in [5, 5.41) is 0. The van der Waals surface area contributed by atoms with Gasteiger partial charge >= 0.3 is 5.97 Å². The van der Waals surface area contributed by atoms with E-state index in [2.05, 4.69) is 16.9 Å². The topological polar surface area (TPSA) is 87.2 Å². The Labute approximate surface area is 158 Å². The summed E-state index contributed by atoms with van der Waals surface area (Å²) in [7, 11) is 3.27. The largest absolute Gasteiger partial charge is 0.469 e. The fourth-order valence-electron chi connectivity index (χ4n) is 3.08. The quantitative estimate of drug-likeness (QED) is 0.514. The van der Waals surface area contributed by atoms with Gasteiger partial charge in [-0.1, -0.05) is 24.3 Å². The van der Waals surface area contributed by atoms with Crippen LogP contribution in [0.15, 0.2) is 42.5 Å². The van der Waals surface area contributed by atoms with Crippen LogP contribution in [0.25, 0.3) is 22.4 Å². The summed E-state index contributed by atoms with van der Waals surface area (Å²) >= 11 is 0. The van der Waals surface area contributed by atoms with E-state index in [0.29, 0.717) is 12.1 Å². The number of esters is 1. The molecule has 0 aliphatic heterocycles. The summed E-state index contributed by atoms with van der Waals surface area (Å²) in [6, 6.07) is 13.6. The zero-order valence-electron chi connectivity index (χ0n) is 15.6. The number of nitrogens with zero attached hydrogens (tertiary/aromatic N) is 2. The number of benzene rings is 2. The molecule has 3 rings (SSSR count). The maximum atomic E-state index is 12.3. The van der Waals surface area contributed by atoms with Gasteiger partial charge in [0.1, 0.15) is 5.82 Å². The van der Waals surface area contributed by atoms with Crippen molar-refractivity contribution in [2.45, 2.75) is 19.3 Å². The van der Waals surface area contributed by atoms with E-state index in [1.807, 2.05) is 29.8 Å². The zero-order valence-corrected chi connectivity index (χ0v) is 15.6. The van der Waals surface area contributed by atoms with Gasteiger partial charge in [-0.15, -0.1) is 0 Å². The molecule has 27 heavy (non-hydrogen) atoms. The van der Waals surface area contributed by atoms with Crippen molar-refractivity contribution in [3.8, 4) is 11.4 Å². The van der Waals surface area contributed by atoms with Crippen LogP contribution in [0.4, 0.5) is 0 Å². The van der Waals surface area contributed by atoms with Crippen molar-refractivity contribution < 1.29 is 14.3 Å². The summed E-state index contributed by atoms with van der Waals surface area (Å²) in [4.78, 5) is 28.3. The molecule has 2 aromatic carbocycles. The van der Waals surface area contributed by atoms with Gasteiger partial charge in [0.25, 0.3) is 0 Å². The van der Waals surface area contributed by atoms with Crippen LogP contribution in [0.2, 0.25) is 0 Å². The molecule has 0 spiro atoms. The van der Waals surface area contributed by atoms with E-state index >= 15 is 0 Å². The van der Waals surface area contributed by atoms with Crippen LogP contribution in [0.5, 0.6) is 0 Å². The van der Waals surface area contributed by atoms with Gasteiger partial charge in [-0.2, -0.15) is 0 Å². The number of hydrogen-bond acceptors (Lipinski definition) is 5. The maximum absolute atomic E-state index is 12.3. The van der Waals surface area contributed by atoms with Gasteiger partial charge in [0.2, 0.25) is 0 Å². The van der Waals surface area contributed by atoms with Gasteiger partial charge in [0, 0.05) is 24.6 Å². The number of ketones is 1. The molecule has 1 aromatic heterocycles. The molecule has 3 aromatic rings. The Morgan fingerprint density at radius 1 is 1.11 bits per heavy atom. The number of carbonyl (C=O) groups excluding carboxylic acids is 2. The highest BCUT2D eigenvalue weighted by atomic mass is 16.5. The van der Waals surface area contributed by atoms with E-state index in [4.69, 9.17) is 10.7 Å². The third-order valence-corrected chi connectivity index (χ3v) is 4.63. The first kappa shape index (κ1) is 18.8. The normalized spacial score (nSPS) is 10.9. The molecule has 0 saturated heterocycles. The van der Waals surface area contributed by atoms with Crippen molar-refractivity contribution in [2.75, 3.05) is 13.7 Å². The van der Waals surface area contributed by atoms with Crippen molar-refractivity contribution in [2.24, 2.45) is 12.8 Å². The molecule has 0 aliphatic rings. The van der Waals surface area contributed by atoms with E-state index in [1.54, 1.807) is 12.1 Å². The second-order valence-electron chi connectivity index (χ2n) is 6.43. The first-order valence-corrected chi connectivity index (χ1v) is 8.89. The summed E-state index contributed by atoms with van der Waals surface area (Å²) in [5.74, 6) is 0.353. The Morgan fingerprint density at radius 3 is 2.52 bits per heavy atom. The maximum Gasteiger partial charge on any atom is 0.305 e. The molecule has 0 fully saturated rings. The highest BCUT2D eigenvalue weighted by Crippen LogP contribution is 2.25. The number of aromatic nitrogens is 2. The number of Topliss-reactive ketones (excluding diaryl/α,β-unsaturated/α-hetero) is 1. The van der Waals surface area contributed by atoms with Crippen LogP contribution < -0.4 is 5.73 Å². The summed E-state index contributed by atoms with van der Waals surface area (Å²) in [5.41, 5.74) is 10.0. The third-order valence-electron chi connectivity index (χ3n) is 4.63.